The number of carbonyl (C=O) groups is 4. The Morgan fingerprint density at radius 1 is 0.630 bits per heavy atom. The number of methoxy groups -OCH3 is 2. The second kappa shape index (κ2) is 13.2. The molecule has 0 saturated heterocycles. The third-order valence-corrected chi connectivity index (χ3v) is 7.40. The number of carbonyl (C=O) groups excluding carboxylic acids is 4. The molecule has 0 unspecified atom stereocenters. The van der Waals surface area contributed by atoms with Crippen molar-refractivity contribution in [2.24, 2.45) is 0 Å². The van der Waals surface area contributed by atoms with Gasteiger partial charge in [-0.2, -0.15) is 0 Å². The molecule has 0 fully saturated rings. The van der Waals surface area contributed by atoms with E-state index in [-0.39, 0.29) is 81.6 Å². The van der Waals surface area contributed by atoms with Crippen LogP contribution in [0.5, 0.6) is 11.5 Å². The molecule has 1 aliphatic carbocycles. The van der Waals surface area contributed by atoms with Gasteiger partial charge in [-0.3, -0.25) is 19.2 Å². The molecule has 236 valence electrons. The highest BCUT2D eigenvalue weighted by molar-refractivity contribution is 6.29. The molecule has 2 aromatic carbocycles. The molecular formula is C36H32O10. The number of hydrogen-bond acceptors (Lipinski definition) is 10. The number of ether oxygens (including phenoxy) is 4. The van der Waals surface area contributed by atoms with Gasteiger partial charge >= 0.3 is 0 Å². The minimum atomic E-state index is -0.634. The number of aryl methyl sites for hydroxylation is 2. The van der Waals surface area contributed by atoms with Crippen molar-refractivity contribution in [2.75, 3.05) is 27.4 Å². The molecule has 2 heterocycles. The zero-order valence-corrected chi connectivity index (χ0v) is 26.3. The summed E-state index contributed by atoms with van der Waals surface area (Å²) in [5.74, 6) is -0.788. The highest BCUT2D eigenvalue weighted by Gasteiger charge is 2.43. The molecule has 10 heteroatoms. The molecule has 0 N–H and O–H groups in total. The monoisotopic (exact) mass is 624 g/mol. The van der Waals surface area contributed by atoms with Gasteiger partial charge < -0.3 is 27.8 Å². The lowest BCUT2D eigenvalue weighted by molar-refractivity contribution is 0.0942. The molecule has 0 aliphatic heterocycles. The second-order valence-electron chi connectivity index (χ2n) is 10.2. The first kappa shape index (κ1) is 31.8. The van der Waals surface area contributed by atoms with Crippen LogP contribution in [-0.4, -0.2) is 50.6 Å². The maximum absolute atomic E-state index is 14.0. The van der Waals surface area contributed by atoms with Crippen LogP contribution in [0.3, 0.4) is 0 Å². The number of fused-ring (bicyclic) bond motifs is 2. The summed E-state index contributed by atoms with van der Waals surface area (Å²) < 4.78 is 33.8. The summed E-state index contributed by atoms with van der Waals surface area (Å²) in [5, 5.41) is 0. The lowest BCUT2D eigenvalue weighted by atomic mass is 9.87. The van der Waals surface area contributed by atoms with Crippen molar-refractivity contribution in [1.82, 2.24) is 0 Å². The number of ketones is 4. The quantitative estimate of drug-likeness (QED) is 0.0829. The van der Waals surface area contributed by atoms with Crippen molar-refractivity contribution in [3.8, 4) is 11.5 Å². The maximum atomic E-state index is 14.0. The molecule has 0 amide bonds. The summed E-state index contributed by atoms with van der Waals surface area (Å²) in [7, 11) is 3.05. The Labute approximate surface area is 265 Å². The van der Waals surface area contributed by atoms with Gasteiger partial charge in [0.05, 0.1) is 49.7 Å². The van der Waals surface area contributed by atoms with Gasteiger partial charge in [0.1, 0.15) is 34.5 Å². The van der Waals surface area contributed by atoms with Crippen molar-refractivity contribution in [3.63, 3.8) is 0 Å². The van der Waals surface area contributed by atoms with Crippen LogP contribution in [0.4, 0.5) is 0 Å². The van der Waals surface area contributed by atoms with Gasteiger partial charge in [0.25, 0.3) is 0 Å². The molecule has 0 atom stereocenters. The van der Waals surface area contributed by atoms with Crippen LogP contribution in [0.15, 0.2) is 69.5 Å². The maximum Gasteiger partial charge on any atom is 0.233 e. The fraction of sp³-hybridized carbons (Fsp3) is 0.222. The smallest absolute Gasteiger partial charge is 0.233 e. The largest absolute Gasteiger partial charge is 0.497 e. The third kappa shape index (κ3) is 5.77. The van der Waals surface area contributed by atoms with Gasteiger partial charge in [0.2, 0.25) is 11.6 Å². The van der Waals surface area contributed by atoms with Crippen molar-refractivity contribution in [1.29, 1.82) is 0 Å². The van der Waals surface area contributed by atoms with Gasteiger partial charge in [-0.15, -0.1) is 0 Å². The summed E-state index contributed by atoms with van der Waals surface area (Å²) in [6, 6.07) is 13.0. The first-order valence-corrected chi connectivity index (χ1v) is 14.6. The van der Waals surface area contributed by atoms with Gasteiger partial charge in [0, 0.05) is 23.3 Å². The fourth-order valence-corrected chi connectivity index (χ4v) is 5.26. The highest BCUT2D eigenvalue weighted by Crippen LogP contribution is 2.41. The first-order valence-electron chi connectivity index (χ1n) is 14.6. The van der Waals surface area contributed by atoms with E-state index in [0.717, 1.165) is 0 Å². The van der Waals surface area contributed by atoms with E-state index in [0.29, 0.717) is 22.6 Å². The molecule has 5 rings (SSSR count). The molecule has 0 bridgehead atoms. The lowest BCUT2D eigenvalue weighted by Gasteiger charge is -2.14. The molecule has 4 aromatic rings. The molecule has 1 aliphatic rings. The fourth-order valence-electron chi connectivity index (χ4n) is 5.26. The van der Waals surface area contributed by atoms with Crippen LogP contribution in [0.2, 0.25) is 0 Å². The number of hydrogen-bond donors (Lipinski definition) is 0. The molecule has 0 saturated carbocycles. The van der Waals surface area contributed by atoms with Crippen molar-refractivity contribution in [3.05, 3.63) is 117 Å². The Kier molecular flexibility index (Phi) is 9.08. The van der Waals surface area contributed by atoms with Crippen LogP contribution in [0.25, 0.3) is 11.5 Å². The van der Waals surface area contributed by atoms with Crippen molar-refractivity contribution in [2.45, 2.75) is 27.7 Å². The minimum Gasteiger partial charge on any atom is -0.497 e. The van der Waals surface area contributed by atoms with Crippen LogP contribution in [-0.2, 0) is 9.47 Å². The summed E-state index contributed by atoms with van der Waals surface area (Å²) in [6.07, 6.45) is 2.52. The predicted octanol–water partition coefficient (Wildman–Crippen LogP) is 6.80. The Morgan fingerprint density at radius 2 is 0.978 bits per heavy atom. The molecule has 46 heavy (non-hydrogen) atoms. The minimum absolute atomic E-state index is 0.0684. The van der Waals surface area contributed by atoms with Gasteiger partial charge in [-0.05, 0) is 76.2 Å². The predicted molar refractivity (Wildman–Crippen MR) is 168 cm³/mol. The van der Waals surface area contributed by atoms with E-state index in [9.17, 15) is 19.2 Å². The highest BCUT2D eigenvalue weighted by atomic mass is 16.5. The van der Waals surface area contributed by atoms with Crippen LogP contribution >= 0.6 is 0 Å². The van der Waals surface area contributed by atoms with E-state index in [1.165, 1.54) is 26.4 Å². The lowest BCUT2D eigenvalue weighted by Crippen LogP contribution is -2.20. The normalized spacial score (nSPS) is 12.8. The third-order valence-electron chi connectivity index (χ3n) is 7.40. The standard InChI is InChI=1S/C36H32O10/c1-7-43-27(17-25(37)21-9-13-23(41-5)14-10-21)29-19(3)45-35-31(29)33(39)36-32(34(35)40)30(20(4)46-36)28(44-8-2)18-26(38)22-11-15-24(42-6)16-12-22/h9-18H,7-8H2,1-6H3/b27-17-,28-18-. The Morgan fingerprint density at radius 3 is 1.28 bits per heavy atom. The van der Waals surface area contributed by atoms with E-state index < -0.39 is 11.6 Å². The van der Waals surface area contributed by atoms with Crippen molar-refractivity contribution < 1.29 is 47.0 Å². The van der Waals surface area contributed by atoms with E-state index in [2.05, 4.69) is 0 Å². The SMILES string of the molecule is CCO/C(=C\C(=O)c1ccc(OC)cc1)c1c(C)oc2c1C(=O)c1oc(C)c(/C(=C/C(=O)c3ccc(OC)cc3)OCC)c1C2=O. The van der Waals surface area contributed by atoms with E-state index in [1.54, 1.807) is 76.2 Å². The molecule has 0 spiro atoms. The molecule has 10 nitrogen and oxygen atoms in total. The number of furan rings is 2. The van der Waals surface area contributed by atoms with E-state index in [4.69, 9.17) is 27.8 Å². The average molecular weight is 625 g/mol. The molecular weight excluding hydrogens is 592 g/mol. The molecule has 0 radical (unpaired) electrons. The van der Waals surface area contributed by atoms with Crippen LogP contribution in [0, 0.1) is 13.8 Å². The Hall–Kier alpha value is -5.64. The van der Waals surface area contributed by atoms with Crippen LogP contribution in [0.1, 0.15) is 89.4 Å². The topological polar surface area (TPSA) is 131 Å². The van der Waals surface area contributed by atoms with Gasteiger partial charge in [0.15, 0.2) is 23.1 Å². The molecule has 2 aromatic heterocycles. The van der Waals surface area contributed by atoms with Gasteiger partial charge in [-0.1, -0.05) is 0 Å². The van der Waals surface area contributed by atoms with Crippen molar-refractivity contribution >= 4 is 34.7 Å². The summed E-state index contributed by atoms with van der Waals surface area (Å²) in [5.41, 5.74) is 0.927. The summed E-state index contributed by atoms with van der Waals surface area (Å²) in [6.45, 7) is 6.95. The van der Waals surface area contributed by atoms with E-state index >= 15 is 0 Å². The number of rotatable bonds is 12. The Bertz CT molecular complexity index is 1760. The zero-order chi connectivity index (χ0) is 33.1. The summed E-state index contributed by atoms with van der Waals surface area (Å²) >= 11 is 0. The Balaban J connectivity index is 1.58. The number of allylic oxidation sites excluding steroid dienone is 2. The number of benzene rings is 2. The van der Waals surface area contributed by atoms with Gasteiger partial charge in [-0.25, -0.2) is 0 Å². The van der Waals surface area contributed by atoms with E-state index in [1.807, 2.05) is 0 Å². The zero-order valence-electron chi connectivity index (χ0n) is 26.3. The average Bonchev–Trinajstić information content (AvgIpc) is 3.60. The van der Waals surface area contributed by atoms with Crippen LogP contribution < -0.4 is 9.47 Å². The summed E-state index contributed by atoms with van der Waals surface area (Å²) in [4.78, 5) is 54.5. The second-order valence-corrected chi connectivity index (χ2v) is 10.2. The first-order chi connectivity index (χ1) is 22.1.